The summed E-state index contributed by atoms with van der Waals surface area (Å²) < 4.78 is 10.3. The number of anilines is 1. The molecule has 0 unspecified atom stereocenters. The average Bonchev–Trinajstić information content (AvgIpc) is 2.65. The predicted molar refractivity (Wildman–Crippen MR) is 98.0 cm³/mol. The Morgan fingerprint density at radius 1 is 1.07 bits per heavy atom. The molecule has 0 bridgehead atoms. The number of amides is 2. The minimum atomic E-state index is -0.496. The number of carbonyl (C=O) groups is 2. The number of methoxy groups -OCH3 is 1. The largest absolute Gasteiger partial charge is 0.497 e. The first-order valence-corrected chi connectivity index (χ1v) is 7.97. The third-order valence-electron chi connectivity index (χ3n) is 3.55. The summed E-state index contributed by atoms with van der Waals surface area (Å²) in [7, 11) is 1.55. The van der Waals surface area contributed by atoms with E-state index in [1.807, 2.05) is 0 Å². The molecule has 2 rings (SSSR count). The van der Waals surface area contributed by atoms with Crippen LogP contribution in [-0.2, 0) is 9.59 Å². The molecule has 0 saturated carbocycles. The number of hydrogen-bond donors (Lipinski definition) is 2. The van der Waals surface area contributed by atoms with Crippen LogP contribution in [0.15, 0.2) is 42.5 Å². The molecule has 0 heterocycles. The average molecular weight is 373 g/mol. The molecule has 9 heteroatoms. The molecule has 0 aliphatic carbocycles. The molecule has 0 aliphatic rings. The molecule has 0 radical (unpaired) electrons. The molecule has 2 aromatic rings. The number of nitrogens with one attached hydrogen (secondary N) is 2. The third kappa shape index (κ3) is 5.99. The van der Waals surface area contributed by atoms with Gasteiger partial charge in [-0.25, -0.2) is 0 Å². The van der Waals surface area contributed by atoms with E-state index in [0.717, 1.165) is 0 Å². The molecule has 2 amide bonds. The highest BCUT2D eigenvalue weighted by molar-refractivity contribution is 5.94. The van der Waals surface area contributed by atoms with Crippen LogP contribution in [0.3, 0.4) is 0 Å². The summed E-state index contributed by atoms with van der Waals surface area (Å²) in [6, 6.07) is 11.0. The molecule has 0 aliphatic heterocycles. The Labute approximate surface area is 155 Å². The number of hydrogen-bond acceptors (Lipinski definition) is 6. The van der Waals surface area contributed by atoms with Crippen LogP contribution < -0.4 is 20.1 Å². The highest BCUT2D eigenvalue weighted by atomic mass is 16.6. The van der Waals surface area contributed by atoms with Gasteiger partial charge in [0.2, 0.25) is 5.91 Å². The fraction of sp³-hybridized carbons (Fsp3) is 0.222. The van der Waals surface area contributed by atoms with Gasteiger partial charge in [0.05, 0.1) is 18.6 Å². The van der Waals surface area contributed by atoms with Crippen molar-refractivity contribution in [2.45, 2.75) is 6.92 Å². The van der Waals surface area contributed by atoms with Gasteiger partial charge in [-0.05, 0) is 43.3 Å². The first kappa shape index (κ1) is 19.7. The van der Waals surface area contributed by atoms with E-state index in [9.17, 15) is 19.7 Å². The van der Waals surface area contributed by atoms with Crippen LogP contribution >= 0.6 is 0 Å². The van der Waals surface area contributed by atoms with Crippen LogP contribution in [0.4, 0.5) is 11.4 Å². The van der Waals surface area contributed by atoms with Gasteiger partial charge in [0.25, 0.3) is 11.6 Å². The van der Waals surface area contributed by atoms with E-state index >= 15 is 0 Å². The van der Waals surface area contributed by atoms with Gasteiger partial charge in [-0.2, -0.15) is 0 Å². The predicted octanol–water partition coefficient (Wildman–Crippen LogP) is 2.05. The Hall–Kier alpha value is -3.62. The van der Waals surface area contributed by atoms with E-state index in [-0.39, 0.29) is 18.8 Å². The Bertz CT molecular complexity index is 835. The molecule has 142 valence electrons. The van der Waals surface area contributed by atoms with Crippen molar-refractivity contribution in [3.63, 3.8) is 0 Å². The van der Waals surface area contributed by atoms with Gasteiger partial charge in [0.15, 0.2) is 6.61 Å². The van der Waals surface area contributed by atoms with Crippen LogP contribution in [0.25, 0.3) is 0 Å². The SMILES string of the molecule is COc1ccc(OCC(=O)NCC(=O)Nc2ccc([N+](=O)[O-])c(C)c2)cc1. The number of nitro benzene ring substituents is 1. The number of carbonyl (C=O) groups excluding carboxylic acids is 2. The lowest BCUT2D eigenvalue weighted by Crippen LogP contribution is -2.35. The maximum absolute atomic E-state index is 11.9. The van der Waals surface area contributed by atoms with Gasteiger partial charge in [-0.15, -0.1) is 0 Å². The van der Waals surface area contributed by atoms with E-state index in [1.54, 1.807) is 38.3 Å². The monoisotopic (exact) mass is 373 g/mol. The Balaban J connectivity index is 1.76. The molecular formula is C18H19N3O6. The number of nitrogens with zero attached hydrogens (tertiary/aromatic N) is 1. The van der Waals surface area contributed by atoms with Crippen LogP contribution in [-0.4, -0.2) is 37.0 Å². The Morgan fingerprint density at radius 2 is 1.74 bits per heavy atom. The van der Waals surface area contributed by atoms with Gasteiger partial charge in [-0.3, -0.25) is 19.7 Å². The topological polar surface area (TPSA) is 120 Å². The first-order chi connectivity index (χ1) is 12.9. The third-order valence-corrected chi connectivity index (χ3v) is 3.55. The number of ether oxygens (including phenoxy) is 2. The Morgan fingerprint density at radius 3 is 2.33 bits per heavy atom. The van der Waals surface area contributed by atoms with Gasteiger partial charge in [0, 0.05) is 17.3 Å². The van der Waals surface area contributed by atoms with E-state index in [4.69, 9.17) is 9.47 Å². The summed E-state index contributed by atoms with van der Waals surface area (Å²) >= 11 is 0. The fourth-order valence-electron chi connectivity index (χ4n) is 2.19. The number of nitro groups is 1. The van der Waals surface area contributed by atoms with Gasteiger partial charge in [0.1, 0.15) is 11.5 Å². The van der Waals surface area contributed by atoms with Crippen LogP contribution in [0.1, 0.15) is 5.56 Å². The van der Waals surface area contributed by atoms with Crippen LogP contribution in [0.5, 0.6) is 11.5 Å². The molecule has 0 fully saturated rings. The van der Waals surface area contributed by atoms with Crippen molar-refractivity contribution in [1.82, 2.24) is 5.32 Å². The van der Waals surface area contributed by atoms with Crippen molar-refractivity contribution >= 4 is 23.2 Å². The molecule has 9 nitrogen and oxygen atoms in total. The minimum absolute atomic E-state index is 0.0306. The van der Waals surface area contributed by atoms with Crippen molar-refractivity contribution < 1.29 is 24.0 Å². The molecular weight excluding hydrogens is 354 g/mol. The molecule has 0 spiro atoms. The van der Waals surface area contributed by atoms with Crippen LogP contribution in [0.2, 0.25) is 0 Å². The summed E-state index contributed by atoms with van der Waals surface area (Å²) in [5, 5.41) is 15.8. The zero-order valence-electron chi connectivity index (χ0n) is 14.9. The zero-order valence-corrected chi connectivity index (χ0v) is 14.9. The van der Waals surface area contributed by atoms with Crippen molar-refractivity contribution in [1.29, 1.82) is 0 Å². The number of aryl methyl sites for hydroxylation is 1. The highest BCUT2D eigenvalue weighted by Crippen LogP contribution is 2.21. The lowest BCUT2D eigenvalue weighted by Gasteiger charge is -2.09. The normalized spacial score (nSPS) is 10.0. The number of benzene rings is 2. The minimum Gasteiger partial charge on any atom is -0.497 e. The first-order valence-electron chi connectivity index (χ1n) is 7.97. The van der Waals surface area contributed by atoms with E-state index in [0.29, 0.717) is 22.7 Å². The summed E-state index contributed by atoms with van der Waals surface area (Å²) in [6.45, 7) is 1.09. The molecule has 0 saturated heterocycles. The molecule has 2 aromatic carbocycles. The van der Waals surface area contributed by atoms with E-state index < -0.39 is 16.7 Å². The Kier molecular flexibility index (Phi) is 6.70. The van der Waals surface area contributed by atoms with Crippen molar-refractivity contribution in [2.24, 2.45) is 0 Å². The molecule has 27 heavy (non-hydrogen) atoms. The zero-order chi connectivity index (χ0) is 19.8. The van der Waals surface area contributed by atoms with Crippen molar-refractivity contribution in [3.8, 4) is 11.5 Å². The maximum atomic E-state index is 11.9. The molecule has 0 atom stereocenters. The smallest absolute Gasteiger partial charge is 0.272 e. The lowest BCUT2D eigenvalue weighted by molar-refractivity contribution is -0.385. The lowest BCUT2D eigenvalue weighted by atomic mass is 10.2. The van der Waals surface area contributed by atoms with Crippen molar-refractivity contribution in [2.75, 3.05) is 25.6 Å². The van der Waals surface area contributed by atoms with E-state index in [2.05, 4.69) is 10.6 Å². The van der Waals surface area contributed by atoms with E-state index in [1.165, 1.54) is 18.2 Å². The summed E-state index contributed by atoms with van der Waals surface area (Å²) in [5.41, 5.74) is 0.804. The summed E-state index contributed by atoms with van der Waals surface area (Å²) in [4.78, 5) is 33.9. The molecule has 0 aromatic heterocycles. The standard InChI is InChI=1S/C18H19N3O6/c1-12-9-13(3-8-16(12)21(24)25)20-17(22)10-19-18(23)11-27-15-6-4-14(26-2)5-7-15/h3-9H,10-11H2,1-2H3,(H,19,23)(H,20,22). The highest BCUT2D eigenvalue weighted by Gasteiger charge is 2.12. The summed E-state index contributed by atoms with van der Waals surface area (Å²) in [5.74, 6) is 0.253. The second-order valence-corrected chi connectivity index (χ2v) is 5.55. The maximum Gasteiger partial charge on any atom is 0.272 e. The molecule has 2 N–H and O–H groups in total. The summed E-state index contributed by atoms with van der Waals surface area (Å²) in [6.07, 6.45) is 0. The number of rotatable bonds is 8. The van der Waals surface area contributed by atoms with Gasteiger partial charge >= 0.3 is 0 Å². The fourth-order valence-corrected chi connectivity index (χ4v) is 2.19. The van der Waals surface area contributed by atoms with Crippen molar-refractivity contribution in [3.05, 3.63) is 58.1 Å². The van der Waals surface area contributed by atoms with Crippen LogP contribution in [0, 0.1) is 17.0 Å². The van der Waals surface area contributed by atoms with Gasteiger partial charge in [-0.1, -0.05) is 0 Å². The second kappa shape index (κ2) is 9.18. The van der Waals surface area contributed by atoms with Gasteiger partial charge < -0.3 is 20.1 Å². The quantitative estimate of drug-likeness (QED) is 0.540. The second-order valence-electron chi connectivity index (χ2n) is 5.55.